The lowest BCUT2D eigenvalue weighted by atomic mass is 9.77. The molecule has 3 N–H and O–H groups in total. The van der Waals surface area contributed by atoms with Crippen LogP contribution in [0.5, 0.6) is 5.75 Å². The fraction of sp³-hybridized carbons (Fsp3) is 0.467. The Labute approximate surface area is 123 Å². The van der Waals surface area contributed by atoms with Gasteiger partial charge >= 0.3 is 12.0 Å². The molecule has 1 aliphatic carbocycles. The van der Waals surface area contributed by atoms with Gasteiger partial charge in [0.15, 0.2) is 0 Å². The zero-order chi connectivity index (χ0) is 15.5. The lowest BCUT2D eigenvalue weighted by Gasteiger charge is -2.38. The summed E-state index contributed by atoms with van der Waals surface area (Å²) in [6.07, 6.45) is 1.84. The highest BCUT2D eigenvalue weighted by Gasteiger charge is 2.45. The molecular weight excluding hydrogens is 272 g/mol. The van der Waals surface area contributed by atoms with Crippen molar-refractivity contribution in [3.05, 3.63) is 24.3 Å². The van der Waals surface area contributed by atoms with Gasteiger partial charge < -0.3 is 20.5 Å². The van der Waals surface area contributed by atoms with Crippen molar-refractivity contribution < 1.29 is 19.4 Å². The highest BCUT2D eigenvalue weighted by Crippen LogP contribution is 2.32. The number of carboxylic acid groups (broad SMARTS) is 1. The first-order chi connectivity index (χ1) is 9.91. The molecule has 1 fully saturated rings. The van der Waals surface area contributed by atoms with Gasteiger partial charge in [0.1, 0.15) is 11.3 Å². The van der Waals surface area contributed by atoms with Crippen molar-refractivity contribution in [1.82, 2.24) is 5.32 Å². The zero-order valence-electron chi connectivity index (χ0n) is 12.2. The number of rotatable bonds is 5. The van der Waals surface area contributed by atoms with Crippen LogP contribution < -0.4 is 15.4 Å². The molecule has 0 aromatic heterocycles. The van der Waals surface area contributed by atoms with Gasteiger partial charge in [0.2, 0.25) is 0 Å². The Morgan fingerprint density at radius 3 is 2.29 bits per heavy atom. The predicted molar refractivity (Wildman–Crippen MR) is 78.6 cm³/mol. The molecule has 0 atom stereocenters. The van der Waals surface area contributed by atoms with Crippen LogP contribution in [0.3, 0.4) is 0 Å². The minimum Gasteiger partial charge on any atom is -0.491 e. The number of carbonyl (C=O) groups excluding carboxylic acids is 1. The molecule has 2 amide bonds. The number of hydrogen-bond donors (Lipinski definition) is 3. The van der Waals surface area contributed by atoms with Gasteiger partial charge in [-0.25, -0.2) is 9.59 Å². The van der Waals surface area contributed by atoms with Crippen molar-refractivity contribution in [1.29, 1.82) is 0 Å². The van der Waals surface area contributed by atoms with Crippen LogP contribution in [-0.4, -0.2) is 28.7 Å². The first-order valence-electron chi connectivity index (χ1n) is 7.00. The molecular formula is C15H20N2O4. The van der Waals surface area contributed by atoms with E-state index in [1.807, 2.05) is 13.8 Å². The van der Waals surface area contributed by atoms with Crippen molar-refractivity contribution in [2.24, 2.45) is 0 Å². The molecule has 6 nitrogen and oxygen atoms in total. The van der Waals surface area contributed by atoms with E-state index in [2.05, 4.69) is 10.6 Å². The van der Waals surface area contributed by atoms with Gasteiger partial charge in [0.25, 0.3) is 0 Å². The van der Waals surface area contributed by atoms with Gasteiger partial charge in [0.05, 0.1) is 6.10 Å². The van der Waals surface area contributed by atoms with E-state index < -0.39 is 17.5 Å². The number of ether oxygens (including phenoxy) is 1. The lowest BCUT2D eigenvalue weighted by molar-refractivity contribution is -0.148. The van der Waals surface area contributed by atoms with Crippen LogP contribution in [-0.2, 0) is 4.79 Å². The Morgan fingerprint density at radius 1 is 1.24 bits per heavy atom. The smallest absolute Gasteiger partial charge is 0.329 e. The van der Waals surface area contributed by atoms with Crippen molar-refractivity contribution in [2.75, 3.05) is 5.32 Å². The lowest BCUT2D eigenvalue weighted by Crippen LogP contribution is -2.60. The largest absolute Gasteiger partial charge is 0.491 e. The average molecular weight is 292 g/mol. The second-order valence-electron chi connectivity index (χ2n) is 5.51. The van der Waals surface area contributed by atoms with Crippen LogP contribution in [0.2, 0.25) is 0 Å². The molecule has 1 aromatic carbocycles. The normalized spacial score (nSPS) is 16.0. The zero-order valence-corrected chi connectivity index (χ0v) is 12.2. The van der Waals surface area contributed by atoms with Gasteiger partial charge in [-0.15, -0.1) is 0 Å². The molecule has 0 bridgehead atoms. The number of amides is 2. The van der Waals surface area contributed by atoms with E-state index in [1.165, 1.54) is 0 Å². The minimum absolute atomic E-state index is 0.0844. The Bertz CT molecular complexity index is 521. The molecule has 0 heterocycles. The number of carbonyl (C=O) groups is 2. The summed E-state index contributed by atoms with van der Waals surface area (Å²) < 4.78 is 5.51. The number of nitrogens with one attached hydrogen (secondary N) is 2. The second-order valence-corrected chi connectivity index (χ2v) is 5.51. The molecule has 0 radical (unpaired) electrons. The first-order valence-corrected chi connectivity index (χ1v) is 7.00. The van der Waals surface area contributed by atoms with Crippen LogP contribution in [0.4, 0.5) is 10.5 Å². The maximum atomic E-state index is 11.9. The Balaban J connectivity index is 1.92. The molecule has 0 unspecified atom stereocenters. The summed E-state index contributed by atoms with van der Waals surface area (Å²) >= 11 is 0. The van der Waals surface area contributed by atoms with Crippen molar-refractivity contribution in [2.45, 2.75) is 44.8 Å². The number of hydrogen-bond acceptors (Lipinski definition) is 3. The predicted octanol–water partition coefficient (Wildman–Crippen LogP) is 2.60. The molecule has 114 valence electrons. The van der Waals surface area contributed by atoms with Gasteiger partial charge in [-0.05, 0) is 57.4 Å². The van der Waals surface area contributed by atoms with E-state index in [9.17, 15) is 9.59 Å². The fourth-order valence-electron chi connectivity index (χ4n) is 2.19. The van der Waals surface area contributed by atoms with Gasteiger partial charge in [-0.2, -0.15) is 0 Å². The van der Waals surface area contributed by atoms with Crippen LogP contribution in [0, 0.1) is 0 Å². The van der Waals surface area contributed by atoms with E-state index in [0.29, 0.717) is 18.5 Å². The van der Waals surface area contributed by atoms with E-state index in [1.54, 1.807) is 24.3 Å². The Hall–Kier alpha value is -2.24. The van der Waals surface area contributed by atoms with Crippen LogP contribution >= 0.6 is 0 Å². The van der Waals surface area contributed by atoms with Crippen LogP contribution in [0.25, 0.3) is 0 Å². The SMILES string of the molecule is CC(C)Oc1ccc(NC(=O)NC2(C(=O)O)CCC2)cc1. The summed E-state index contributed by atoms with van der Waals surface area (Å²) in [5.41, 5.74) is -0.520. The number of carboxylic acids is 1. The van der Waals surface area contributed by atoms with Crippen molar-refractivity contribution in [3.8, 4) is 5.75 Å². The number of urea groups is 1. The monoisotopic (exact) mass is 292 g/mol. The summed E-state index contributed by atoms with van der Waals surface area (Å²) in [7, 11) is 0. The Morgan fingerprint density at radius 2 is 1.86 bits per heavy atom. The number of aliphatic carboxylic acids is 1. The van der Waals surface area contributed by atoms with Gasteiger partial charge in [0, 0.05) is 5.69 Å². The first kappa shape index (κ1) is 15.2. The molecule has 0 saturated heterocycles. The average Bonchev–Trinajstić information content (AvgIpc) is 2.35. The fourth-order valence-corrected chi connectivity index (χ4v) is 2.19. The molecule has 0 aliphatic heterocycles. The standard InChI is InChI=1S/C15H20N2O4/c1-10(2)21-12-6-4-11(5-7-12)16-14(20)17-15(13(18)19)8-3-9-15/h4-7,10H,3,8-9H2,1-2H3,(H,18,19)(H2,16,17,20). The summed E-state index contributed by atoms with van der Waals surface area (Å²) in [5, 5.41) is 14.3. The molecule has 1 saturated carbocycles. The molecule has 0 spiro atoms. The third-order valence-corrected chi connectivity index (χ3v) is 3.45. The summed E-state index contributed by atoms with van der Waals surface area (Å²) in [6.45, 7) is 3.87. The molecule has 2 rings (SSSR count). The maximum Gasteiger partial charge on any atom is 0.329 e. The van der Waals surface area contributed by atoms with Gasteiger partial charge in [-0.1, -0.05) is 0 Å². The summed E-state index contributed by atoms with van der Waals surface area (Å²) in [4.78, 5) is 23.1. The van der Waals surface area contributed by atoms with Gasteiger partial charge in [-0.3, -0.25) is 0 Å². The topological polar surface area (TPSA) is 87.7 Å². The number of anilines is 1. The van der Waals surface area contributed by atoms with Crippen LogP contribution in [0.1, 0.15) is 33.1 Å². The highest BCUT2D eigenvalue weighted by atomic mass is 16.5. The number of benzene rings is 1. The highest BCUT2D eigenvalue weighted by molar-refractivity contribution is 5.94. The van der Waals surface area contributed by atoms with Crippen molar-refractivity contribution >= 4 is 17.7 Å². The molecule has 6 heteroatoms. The van der Waals surface area contributed by atoms with E-state index in [0.717, 1.165) is 12.2 Å². The molecule has 1 aromatic rings. The summed E-state index contributed by atoms with van der Waals surface area (Å²) in [6, 6.07) is 6.43. The minimum atomic E-state index is -1.11. The van der Waals surface area contributed by atoms with E-state index in [-0.39, 0.29) is 6.10 Å². The van der Waals surface area contributed by atoms with E-state index >= 15 is 0 Å². The molecule has 21 heavy (non-hydrogen) atoms. The second kappa shape index (κ2) is 6.03. The third-order valence-electron chi connectivity index (χ3n) is 3.45. The third kappa shape index (κ3) is 3.65. The Kier molecular flexibility index (Phi) is 4.35. The quantitative estimate of drug-likeness (QED) is 0.778. The maximum absolute atomic E-state index is 11.9. The summed E-state index contributed by atoms with van der Waals surface area (Å²) in [5.74, 6) is -0.262. The molecule has 1 aliphatic rings. The van der Waals surface area contributed by atoms with E-state index in [4.69, 9.17) is 9.84 Å². The van der Waals surface area contributed by atoms with Crippen molar-refractivity contribution in [3.63, 3.8) is 0 Å². The van der Waals surface area contributed by atoms with Crippen LogP contribution in [0.15, 0.2) is 24.3 Å².